The Hall–Kier alpha value is -0.400. The lowest BCUT2D eigenvalue weighted by Crippen LogP contribution is -2.55. The summed E-state index contributed by atoms with van der Waals surface area (Å²) in [4.78, 5) is 11.2. The number of hydrogen-bond donors (Lipinski definition) is 0. The Morgan fingerprint density at radius 1 is 1.06 bits per heavy atom. The first-order valence-corrected chi connectivity index (χ1v) is 7.11. The molecule has 17 heavy (non-hydrogen) atoms. The fraction of sp³-hybridized carbons (Fsp3) is 1.00. The minimum absolute atomic E-state index is 0.308. The van der Waals surface area contributed by atoms with E-state index < -0.39 is 0 Å². The van der Waals surface area contributed by atoms with Crippen LogP contribution in [0.25, 0.3) is 0 Å². The van der Waals surface area contributed by atoms with Crippen molar-refractivity contribution >= 4 is 0 Å². The summed E-state index contributed by atoms with van der Waals surface area (Å²) in [6, 6.07) is 0. The van der Waals surface area contributed by atoms with E-state index in [0.29, 0.717) is 16.7 Å². The zero-order valence-corrected chi connectivity index (χ0v) is 12.0. The summed E-state index contributed by atoms with van der Waals surface area (Å²) in [7, 11) is 0. The molecule has 2 rings (SSSR count). The molecule has 4 unspecified atom stereocenters. The molecule has 0 amide bonds. The van der Waals surface area contributed by atoms with Crippen molar-refractivity contribution in [1.82, 2.24) is 0 Å². The van der Waals surface area contributed by atoms with E-state index >= 15 is 0 Å². The summed E-state index contributed by atoms with van der Waals surface area (Å²) in [6.07, 6.45) is 6.06. The van der Waals surface area contributed by atoms with Gasteiger partial charge in [0.2, 0.25) is 0 Å². The van der Waals surface area contributed by atoms with Crippen molar-refractivity contribution in [2.24, 2.45) is 27.8 Å². The highest BCUT2D eigenvalue weighted by Gasteiger charge is 2.57. The number of nitrogens with zero attached hydrogens (tertiary/aromatic N) is 1. The van der Waals surface area contributed by atoms with E-state index in [0.717, 1.165) is 12.3 Å². The van der Waals surface area contributed by atoms with Crippen molar-refractivity contribution in [1.29, 1.82) is 0 Å². The van der Waals surface area contributed by atoms with Gasteiger partial charge in [-0.05, 0) is 55.3 Å². The Kier molecular flexibility index (Phi) is 2.91. The number of rotatable bonds is 1. The van der Waals surface area contributed by atoms with Gasteiger partial charge < -0.3 is 0 Å². The van der Waals surface area contributed by atoms with Gasteiger partial charge in [-0.1, -0.05) is 39.3 Å². The molecular formula is C15H27NO. The topological polar surface area (TPSA) is 29.4 Å². The predicted molar refractivity (Wildman–Crippen MR) is 71.8 cm³/mol. The molecule has 0 spiro atoms. The van der Waals surface area contributed by atoms with E-state index in [1.165, 1.54) is 25.7 Å². The van der Waals surface area contributed by atoms with Crippen LogP contribution in [0.4, 0.5) is 0 Å². The standard InChI is InChI=1S/C15H27NO/c1-11-14(4)9-6-8-13(2,3)12(14)7-10-15(11,5)16-17/h11-12H,6-10H2,1-5H3. The van der Waals surface area contributed by atoms with E-state index in [9.17, 15) is 4.91 Å². The third kappa shape index (κ3) is 1.75. The monoisotopic (exact) mass is 237 g/mol. The van der Waals surface area contributed by atoms with Crippen LogP contribution >= 0.6 is 0 Å². The number of nitroso groups, excluding NO2 is 1. The summed E-state index contributed by atoms with van der Waals surface area (Å²) in [6.45, 7) is 11.6. The highest BCUT2D eigenvalue weighted by Crippen LogP contribution is 2.62. The van der Waals surface area contributed by atoms with Crippen LogP contribution in [0.1, 0.15) is 66.7 Å². The molecule has 0 saturated heterocycles. The van der Waals surface area contributed by atoms with Gasteiger partial charge in [0.1, 0.15) is 5.54 Å². The zero-order chi connectivity index (χ0) is 12.9. The minimum Gasteiger partial charge on any atom is -0.150 e. The van der Waals surface area contributed by atoms with Gasteiger partial charge in [0, 0.05) is 0 Å². The molecule has 0 heterocycles. The highest BCUT2D eigenvalue weighted by atomic mass is 16.3. The number of hydrogen-bond acceptors (Lipinski definition) is 2. The lowest BCUT2D eigenvalue weighted by Gasteiger charge is -2.60. The second kappa shape index (κ2) is 3.80. The van der Waals surface area contributed by atoms with Crippen LogP contribution in [0.2, 0.25) is 0 Å². The molecule has 2 heteroatoms. The Morgan fingerprint density at radius 2 is 1.71 bits per heavy atom. The third-order valence-corrected chi connectivity index (χ3v) is 6.35. The Morgan fingerprint density at radius 3 is 2.29 bits per heavy atom. The average Bonchev–Trinajstić information content (AvgIpc) is 2.24. The third-order valence-electron chi connectivity index (χ3n) is 6.35. The molecule has 98 valence electrons. The van der Waals surface area contributed by atoms with E-state index in [-0.39, 0.29) is 5.54 Å². The van der Waals surface area contributed by atoms with Gasteiger partial charge in [-0.2, -0.15) is 4.91 Å². The zero-order valence-electron chi connectivity index (χ0n) is 12.0. The van der Waals surface area contributed by atoms with Crippen LogP contribution in [-0.4, -0.2) is 5.54 Å². The molecule has 2 nitrogen and oxygen atoms in total. The van der Waals surface area contributed by atoms with Crippen molar-refractivity contribution in [3.63, 3.8) is 0 Å². The van der Waals surface area contributed by atoms with Gasteiger partial charge in [0.25, 0.3) is 0 Å². The number of fused-ring (bicyclic) bond motifs is 1. The maximum Gasteiger partial charge on any atom is 0.103 e. The van der Waals surface area contributed by atoms with Crippen LogP contribution in [0.15, 0.2) is 5.18 Å². The molecule has 0 aromatic rings. The van der Waals surface area contributed by atoms with Crippen LogP contribution < -0.4 is 0 Å². The molecule has 0 aromatic carbocycles. The Balaban J connectivity index is 2.37. The molecule has 0 aliphatic heterocycles. The van der Waals surface area contributed by atoms with E-state index in [1.807, 2.05) is 0 Å². The molecule has 2 fully saturated rings. The fourth-order valence-electron chi connectivity index (χ4n) is 4.89. The summed E-state index contributed by atoms with van der Waals surface area (Å²) >= 11 is 0. The summed E-state index contributed by atoms with van der Waals surface area (Å²) < 4.78 is 0. The van der Waals surface area contributed by atoms with Crippen molar-refractivity contribution in [3.8, 4) is 0 Å². The fourth-order valence-corrected chi connectivity index (χ4v) is 4.89. The molecule has 2 saturated carbocycles. The quantitative estimate of drug-likeness (QED) is 0.604. The molecule has 0 aromatic heterocycles. The second-order valence-corrected chi connectivity index (χ2v) is 7.61. The van der Waals surface area contributed by atoms with Crippen LogP contribution in [0.5, 0.6) is 0 Å². The molecule has 0 N–H and O–H groups in total. The van der Waals surface area contributed by atoms with E-state index in [2.05, 4.69) is 39.8 Å². The smallest absolute Gasteiger partial charge is 0.103 e. The van der Waals surface area contributed by atoms with Gasteiger partial charge in [0.05, 0.1) is 0 Å². The van der Waals surface area contributed by atoms with Crippen molar-refractivity contribution < 1.29 is 0 Å². The van der Waals surface area contributed by atoms with E-state index in [4.69, 9.17) is 0 Å². The molecule has 0 bridgehead atoms. The lowest BCUT2D eigenvalue weighted by molar-refractivity contribution is -0.0943. The Labute approximate surface area is 106 Å². The molecular weight excluding hydrogens is 210 g/mol. The first-order valence-electron chi connectivity index (χ1n) is 7.11. The first kappa shape index (κ1) is 13.0. The predicted octanol–water partition coefficient (Wildman–Crippen LogP) is 4.77. The van der Waals surface area contributed by atoms with Gasteiger partial charge in [-0.15, -0.1) is 0 Å². The van der Waals surface area contributed by atoms with Gasteiger partial charge in [0.15, 0.2) is 0 Å². The van der Waals surface area contributed by atoms with Gasteiger partial charge in [-0.3, -0.25) is 0 Å². The van der Waals surface area contributed by atoms with Crippen molar-refractivity contribution in [2.45, 2.75) is 72.3 Å². The lowest BCUT2D eigenvalue weighted by atomic mass is 9.45. The normalized spacial score (nSPS) is 49.5. The minimum atomic E-state index is -0.335. The second-order valence-electron chi connectivity index (χ2n) is 7.61. The SMILES string of the molecule is CC1C(C)(N=O)CCC2C(C)(C)CCCC21C. The highest BCUT2D eigenvalue weighted by molar-refractivity contribution is 5.08. The maximum atomic E-state index is 11.2. The first-order chi connectivity index (χ1) is 7.76. The summed E-state index contributed by atoms with van der Waals surface area (Å²) in [5, 5.41) is 3.49. The molecule has 2 aliphatic rings. The Bertz CT molecular complexity index is 325. The van der Waals surface area contributed by atoms with Crippen LogP contribution in [0, 0.1) is 27.6 Å². The maximum absolute atomic E-state index is 11.2. The van der Waals surface area contributed by atoms with Crippen molar-refractivity contribution in [2.75, 3.05) is 0 Å². The molecule has 0 radical (unpaired) electrons. The largest absolute Gasteiger partial charge is 0.150 e. The average molecular weight is 237 g/mol. The summed E-state index contributed by atoms with van der Waals surface area (Å²) in [5.74, 6) is 1.17. The van der Waals surface area contributed by atoms with Crippen LogP contribution in [-0.2, 0) is 0 Å². The van der Waals surface area contributed by atoms with E-state index in [1.54, 1.807) is 0 Å². The van der Waals surface area contributed by atoms with Crippen LogP contribution in [0.3, 0.4) is 0 Å². The van der Waals surface area contributed by atoms with Gasteiger partial charge >= 0.3 is 0 Å². The summed E-state index contributed by atoms with van der Waals surface area (Å²) in [5.41, 5.74) is 0.410. The molecule has 4 atom stereocenters. The van der Waals surface area contributed by atoms with Gasteiger partial charge in [-0.25, -0.2) is 0 Å². The molecule has 2 aliphatic carbocycles. The van der Waals surface area contributed by atoms with Crippen molar-refractivity contribution in [3.05, 3.63) is 4.91 Å².